The minimum Gasteiger partial charge on any atom is -0.481 e. The standard InChI is InChI=1S/C11H20N2O3/c1-3-13-6-4-5-9(7-13)12-10(14)8(2)11(15)16/h8-9H,3-7H2,1-2H3,(H,12,14)(H,15,16). The number of carbonyl (C=O) groups is 2. The zero-order valence-electron chi connectivity index (χ0n) is 9.90. The van der Waals surface area contributed by atoms with E-state index in [2.05, 4.69) is 17.1 Å². The van der Waals surface area contributed by atoms with Gasteiger partial charge in [-0.15, -0.1) is 0 Å². The molecule has 0 aromatic rings. The third-order valence-corrected chi connectivity index (χ3v) is 3.06. The minimum absolute atomic E-state index is 0.1000. The molecule has 1 aliphatic rings. The van der Waals surface area contributed by atoms with E-state index in [9.17, 15) is 9.59 Å². The van der Waals surface area contributed by atoms with Crippen LogP contribution in [0.4, 0.5) is 0 Å². The first kappa shape index (κ1) is 13.0. The molecule has 2 unspecified atom stereocenters. The molecule has 0 aromatic heterocycles. The highest BCUT2D eigenvalue weighted by molar-refractivity contribution is 5.96. The smallest absolute Gasteiger partial charge is 0.315 e. The van der Waals surface area contributed by atoms with Crippen LogP contribution < -0.4 is 5.32 Å². The zero-order valence-corrected chi connectivity index (χ0v) is 9.90. The van der Waals surface area contributed by atoms with Crippen molar-refractivity contribution in [2.45, 2.75) is 32.7 Å². The Hall–Kier alpha value is -1.10. The van der Waals surface area contributed by atoms with Crippen molar-refractivity contribution in [2.24, 2.45) is 5.92 Å². The van der Waals surface area contributed by atoms with Crippen LogP contribution in [0.2, 0.25) is 0 Å². The minimum atomic E-state index is -1.07. The number of hydrogen-bond donors (Lipinski definition) is 2. The second kappa shape index (κ2) is 5.84. The fraction of sp³-hybridized carbons (Fsp3) is 0.818. The number of aliphatic carboxylic acids is 1. The van der Waals surface area contributed by atoms with Gasteiger partial charge in [-0.05, 0) is 32.9 Å². The fourth-order valence-electron chi connectivity index (χ4n) is 1.90. The molecule has 1 amide bonds. The van der Waals surface area contributed by atoms with Crippen LogP contribution in [0, 0.1) is 5.92 Å². The molecule has 5 nitrogen and oxygen atoms in total. The lowest BCUT2D eigenvalue weighted by Crippen LogP contribution is -2.49. The van der Waals surface area contributed by atoms with Crippen molar-refractivity contribution >= 4 is 11.9 Å². The van der Waals surface area contributed by atoms with Gasteiger partial charge in [0.25, 0.3) is 0 Å². The lowest BCUT2D eigenvalue weighted by molar-refractivity contribution is -0.146. The molecule has 0 bridgehead atoms. The van der Waals surface area contributed by atoms with Gasteiger partial charge in [-0.25, -0.2) is 0 Å². The van der Waals surface area contributed by atoms with E-state index < -0.39 is 11.9 Å². The number of hydrogen-bond acceptors (Lipinski definition) is 3. The molecule has 1 saturated heterocycles. The Bertz CT molecular complexity index is 268. The molecular formula is C11H20N2O3. The van der Waals surface area contributed by atoms with Crippen molar-refractivity contribution < 1.29 is 14.7 Å². The number of piperidine rings is 1. The van der Waals surface area contributed by atoms with Gasteiger partial charge in [-0.2, -0.15) is 0 Å². The summed E-state index contributed by atoms with van der Waals surface area (Å²) in [6.45, 7) is 6.37. The molecule has 1 aliphatic heterocycles. The van der Waals surface area contributed by atoms with E-state index in [0.717, 1.165) is 32.5 Å². The normalized spacial score (nSPS) is 23.8. The first-order valence-electron chi connectivity index (χ1n) is 5.80. The van der Waals surface area contributed by atoms with Gasteiger partial charge in [0.2, 0.25) is 5.91 Å². The first-order chi connectivity index (χ1) is 7.54. The first-order valence-corrected chi connectivity index (χ1v) is 5.80. The summed E-state index contributed by atoms with van der Waals surface area (Å²) in [6, 6.07) is 0.1000. The van der Waals surface area contributed by atoms with Crippen molar-refractivity contribution in [3.8, 4) is 0 Å². The summed E-state index contributed by atoms with van der Waals surface area (Å²) in [5, 5.41) is 11.5. The highest BCUT2D eigenvalue weighted by Gasteiger charge is 2.25. The maximum absolute atomic E-state index is 11.5. The van der Waals surface area contributed by atoms with Gasteiger partial charge in [0.05, 0.1) is 0 Å². The molecule has 0 saturated carbocycles. The number of likely N-dealkylation sites (N-methyl/N-ethyl adjacent to an activating group) is 1. The van der Waals surface area contributed by atoms with Crippen molar-refractivity contribution in [2.75, 3.05) is 19.6 Å². The predicted octanol–water partition coefficient (Wildman–Crippen LogP) is 0.308. The number of carbonyl (C=O) groups excluding carboxylic acids is 1. The molecule has 2 N–H and O–H groups in total. The molecule has 92 valence electrons. The molecule has 1 heterocycles. The average molecular weight is 228 g/mol. The van der Waals surface area contributed by atoms with Crippen LogP contribution in [-0.4, -0.2) is 47.6 Å². The Morgan fingerprint density at radius 2 is 2.25 bits per heavy atom. The summed E-state index contributed by atoms with van der Waals surface area (Å²) in [6.07, 6.45) is 1.99. The number of likely N-dealkylation sites (tertiary alicyclic amines) is 1. The third-order valence-electron chi connectivity index (χ3n) is 3.06. The van der Waals surface area contributed by atoms with Crippen LogP contribution in [0.15, 0.2) is 0 Å². The Morgan fingerprint density at radius 1 is 1.56 bits per heavy atom. The number of carboxylic acid groups (broad SMARTS) is 1. The van der Waals surface area contributed by atoms with Gasteiger partial charge in [-0.1, -0.05) is 6.92 Å². The van der Waals surface area contributed by atoms with Crippen LogP contribution in [0.5, 0.6) is 0 Å². The largest absolute Gasteiger partial charge is 0.481 e. The quantitative estimate of drug-likeness (QED) is 0.679. The molecule has 5 heteroatoms. The second-order valence-electron chi connectivity index (χ2n) is 4.30. The van der Waals surface area contributed by atoms with Gasteiger partial charge in [0.1, 0.15) is 5.92 Å². The molecule has 2 atom stereocenters. The summed E-state index contributed by atoms with van der Waals surface area (Å²) in [5.41, 5.74) is 0. The van der Waals surface area contributed by atoms with Crippen LogP contribution in [-0.2, 0) is 9.59 Å². The Labute approximate surface area is 95.8 Å². The number of amides is 1. The molecule has 0 aromatic carbocycles. The van der Waals surface area contributed by atoms with Crippen molar-refractivity contribution in [1.82, 2.24) is 10.2 Å². The monoisotopic (exact) mass is 228 g/mol. The molecule has 1 fully saturated rings. The van der Waals surface area contributed by atoms with Gasteiger partial charge >= 0.3 is 5.97 Å². The van der Waals surface area contributed by atoms with E-state index in [1.807, 2.05) is 0 Å². The molecule has 1 rings (SSSR count). The van der Waals surface area contributed by atoms with E-state index in [1.54, 1.807) is 0 Å². The zero-order chi connectivity index (χ0) is 12.1. The topological polar surface area (TPSA) is 69.6 Å². The fourth-order valence-corrected chi connectivity index (χ4v) is 1.90. The highest BCUT2D eigenvalue weighted by atomic mass is 16.4. The van der Waals surface area contributed by atoms with Crippen molar-refractivity contribution in [1.29, 1.82) is 0 Å². The summed E-state index contributed by atoms with van der Waals surface area (Å²) >= 11 is 0. The summed E-state index contributed by atoms with van der Waals surface area (Å²) < 4.78 is 0. The number of nitrogens with one attached hydrogen (secondary N) is 1. The van der Waals surface area contributed by atoms with Crippen molar-refractivity contribution in [3.05, 3.63) is 0 Å². The third kappa shape index (κ3) is 3.48. The van der Waals surface area contributed by atoms with Crippen LogP contribution >= 0.6 is 0 Å². The molecule has 16 heavy (non-hydrogen) atoms. The highest BCUT2D eigenvalue weighted by Crippen LogP contribution is 2.10. The van der Waals surface area contributed by atoms with Gasteiger partial charge in [-0.3, -0.25) is 9.59 Å². The predicted molar refractivity (Wildman–Crippen MR) is 60.1 cm³/mol. The Morgan fingerprint density at radius 3 is 2.81 bits per heavy atom. The lowest BCUT2D eigenvalue weighted by atomic mass is 10.0. The van der Waals surface area contributed by atoms with Gasteiger partial charge in [0.15, 0.2) is 0 Å². The lowest BCUT2D eigenvalue weighted by Gasteiger charge is -2.32. The molecule has 0 aliphatic carbocycles. The van der Waals surface area contributed by atoms with E-state index in [0.29, 0.717) is 0 Å². The van der Waals surface area contributed by atoms with E-state index >= 15 is 0 Å². The van der Waals surface area contributed by atoms with Gasteiger partial charge < -0.3 is 15.3 Å². The average Bonchev–Trinajstić information content (AvgIpc) is 2.28. The van der Waals surface area contributed by atoms with Gasteiger partial charge in [0, 0.05) is 12.6 Å². The molecule has 0 radical (unpaired) electrons. The summed E-state index contributed by atoms with van der Waals surface area (Å²) in [7, 11) is 0. The maximum Gasteiger partial charge on any atom is 0.315 e. The summed E-state index contributed by atoms with van der Waals surface area (Å²) in [4.78, 5) is 24.4. The Kier molecular flexibility index (Phi) is 4.73. The number of carboxylic acids is 1. The van der Waals surface area contributed by atoms with E-state index in [-0.39, 0.29) is 11.9 Å². The van der Waals surface area contributed by atoms with E-state index in [1.165, 1.54) is 6.92 Å². The maximum atomic E-state index is 11.5. The SMILES string of the molecule is CCN1CCCC(NC(=O)C(C)C(=O)O)C1. The molecule has 0 spiro atoms. The number of nitrogens with zero attached hydrogens (tertiary/aromatic N) is 1. The summed E-state index contributed by atoms with van der Waals surface area (Å²) in [5.74, 6) is -2.41. The van der Waals surface area contributed by atoms with Crippen LogP contribution in [0.25, 0.3) is 0 Å². The Balaban J connectivity index is 2.41. The number of rotatable bonds is 4. The molecular weight excluding hydrogens is 208 g/mol. The second-order valence-corrected chi connectivity index (χ2v) is 4.30. The van der Waals surface area contributed by atoms with E-state index in [4.69, 9.17) is 5.11 Å². The van der Waals surface area contributed by atoms with Crippen molar-refractivity contribution in [3.63, 3.8) is 0 Å². The van der Waals surface area contributed by atoms with Crippen LogP contribution in [0.3, 0.4) is 0 Å². The van der Waals surface area contributed by atoms with Crippen LogP contribution in [0.1, 0.15) is 26.7 Å².